The van der Waals surface area contributed by atoms with Gasteiger partial charge in [-0.05, 0) is 18.9 Å². The minimum absolute atomic E-state index is 0.0532. The molecule has 1 amide bonds. The molecule has 0 saturated carbocycles. The van der Waals surface area contributed by atoms with Crippen molar-refractivity contribution in [3.63, 3.8) is 0 Å². The Bertz CT molecular complexity index is 382. The quantitative estimate of drug-likeness (QED) is 0.673. The van der Waals surface area contributed by atoms with Crippen LogP contribution in [0.3, 0.4) is 0 Å². The molecule has 1 aromatic heterocycles. The zero-order valence-electron chi connectivity index (χ0n) is 8.01. The Hall–Kier alpha value is -1.25. The summed E-state index contributed by atoms with van der Waals surface area (Å²) in [5.41, 5.74) is 1.32. The standard InChI is InChI=1S/C11H13NO2/c13-10-6-11(7-12-10)4-1-2-9-8(11)3-5-14-9/h3,5H,1-2,4,6-7H2,(H,12,13). The highest BCUT2D eigenvalue weighted by atomic mass is 16.3. The lowest BCUT2D eigenvalue weighted by Crippen LogP contribution is -2.32. The molecule has 1 aliphatic heterocycles. The Labute approximate surface area is 82.5 Å². The maximum Gasteiger partial charge on any atom is 0.220 e. The van der Waals surface area contributed by atoms with E-state index in [1.807, 2.05) is 6.07 Å². The first kappa shape index (κ1) is 8.09. The molecule has 1 spiro atoms. The van der Waals surface area contributed by atoms with Gasteiger partial charge >= 0.3 is 0 Å². The number of fused-ring (bicyclic) bond motifs is 2. The maximum atomic E-state index is 11.3. The van der Waals surface area contributed by atoms with Crippen molar-refractivity contribution in [1.29, 1.82) is 0 Å². The molecule has 74 valence electrons. The van der Waals surface area contributed by atoms with Crippen LogP contribution in [-0.2, 0) is 16.6 Å². The van der Waals surface area contributed by atoms with E-state index in [1.165, 1.54) is 5.56 Å². The SMILES string of the molecule is O=C1CC2(CCCc3occc32)CN1. The molecular formula is C11H13NO2. The number of carbonyl (C=O) groups is 1. The van der Waals surface area contributed by atoms with Crippen molar-refractivity contribution in [2.24, 2.45) is 0 Å². The van der Waals surface area contributed by atoms with Crippen molar-refractivity contribution in [3.05, 3.63) is 23.7 Å². The average molecular weight is 191 g/mol. The molecule has 2 heterocycles. The van der Waals surface area contributed by atoms with Crippen LogP contribution in [0.25, 0.3) is 0 Å². The van der Waals surface area contributed by atoms with Gasteiger partial charge in [0.05, 0.1) is 6.26 Å². The molecule has 1 aromatic rings. The molecule has 1 saturated heterocycles. The van der Waals surface area contributed by atoms with Gasteiger partial charge < -0.3 is 9.73 Å². The lowest BCUT2D eigenvalue weighted by molar-refractivity contribution is -0.119. The fourth-order valence-electron chi connectivity index (χ4n) is 2.80. The summed E-state index contributed by atoms with van der Waals surface area (Å²) >= 11 is 0. The van der Waals surface area contributed by atoms with E-state index in [4.69, 9.17) is 4.42 Å². The molecule has 3 heteroatoms. The van der Waals surface area contributed by atoms with Gasteiger partial charge in [0.2, 0.25) is 5.91 Å². The van der Waals surface area contributed by atoms with Crippen LogP contribution in [0.15, 0.2) is 16.7 Å². The summed E-state index contributed by atoms with van der Waals surface area (Å²) in [6, 6.07) is 2.04. The van der Waals surface area contributed by atoms with Crippen molar-refractivity contribution >= 4 is 5.91 Å². The molecule has 0 aromatic carbocycles. The monoisotopic (exact) mass is 191 g/mol. The van der Waals surface area contributed by atoms with E-state index in [1.54, 1.807) is 6.26 Å². The number of amides is 1. The largest absolute Gasteiger partial charge is 0.469 e. The Kier molecular flexibility index (Phi) is 1.52. The van der Waals surface area contributed by atoms with Gasteiger partial charge in [0.25, 0.3) is 0 Å². The van der Waals surface area contributed by atoms with E-state index < -0.39 is 0 Å². The molecule has 2 aliphatic rings. The summed E-state index contributed by atoms with van der Waals surface area (Å²) in [6.45, 7) is 0.790. The Morgan fingerprint density at radius 2 is 2.43 bits per heavy atom. The maximum absolute atomic E-state index is 11.3. The Balaban J connectivity index is 2.07. The summed E-state index contributed by atoms with van der Waals surface area (Å²) in [5, 5.41) is 2.93. The molecule has 1 N–H and O–H groups in total. The number of carbonyl (C=O) groups excluding carboxylic acids is 1. The molecule has 1 fully saturated rings. The highest BCUT2D eigenvalue weighted by molar-refractivity contribution is 5.80. The van der Waals surface area contributed by atoms with E-state index in [2.05, 4.69) is 5.32 Å². The van der Waals surface area contributed by atoms with Crippen LogP contribution in [0.2, 0.25) is 0 Å². The number of hydrogen-bond donors (Lipinski definition) is 1. The van der Waals surface area contributed by atoms with Crippen LogP contribution in [0, 0.1) is 0 Å². The van der Waals surface area contributed by atoms with Gasteiger partial charge in [0, 0.05) is 30.4 Å². The van der Waals surface area contributed by atoms with Crippen LogP contribution < -0.4 is 5.32 Å². The first-order valence-electron chi connectivity index (χ1n) is 5.14. The number of rotatable bonds is 0. The van der Waals surface area contributed by atoms with Crippen molar-refractivity contribution in [1.82, 2.24) is 5.32 Å². The van der Waals surface area contributed by atoms with Crippen LogP contribution in [0.4, 0.5) is 0 Å². The third kappa shape index (κ3) is 0.953. The van der Waals surface area contributed by atoms with Crippen molar-refractivity contribution in [2.75, 3.05) is 6.54 Å². The van der Waals surface area contributed by atoms with Gasteiger partial charge in [0.15, 0.2) is 0 Å². The summed E-state index contributed by atoms with van der Waals surface area (Å²) in [5.74, 6) is 1.27. The normalized spacial score (nSPS) is 30.4. The molecule has 1 unspecified atom stereocenters. The van der Waals surface area contributed by atoms with E-state index in [0.717, 1.165) is 31.6 Å². The molecule has 0 bridgehead atoms. The topological polar surface area (TPSA) is 42.2 Å². The Morgan fingerprint density at radius 1 is 1.50 bits per heavy atom. The van der Waals surface area contributed by atoms with Gasteiger partial charge in [-0.1, -0.05) is 0 Å². The minimum Gasteiger partial charge on any atom is -0.469 e. The summed E-state index contributed by atoms with van der Waals surface area (Å²) in [7, 11) is 0. The third-order valence-electron chi connectivity index (χ3n) is 3.50. The van der Waals surface area contributed by atoms with Crippen LogP contribution in [0.1, 0.15) is 30.6 Å². The number of aryl methyl sites for hydroxylation is 1. The highest BCUT2D eigenvalue weighted by Crippen LogP contribution is 2.42. The third-order valence-corrected chi connectivity index (χ3v) is 3.50. The predicted octanol–water partition coefficient (Wildman–Crippen LogP) is 1.37. The van der Waals surface area contributed by atoms with E-state index >= 15 is 0 Å². The van der Waals surface area contributed by atoms with Crippen molar-refractivity contribution < 1.29 is 9.21 Å². The summed E-state index contributed by atoms with van der Waals surface area (Å²) in [6.07, 6.45) is 5.66. The highest BCUT2D eigenvalue weighted by Gasteiger charge is 2.43. The molecule has 0 radical (unpaired) electrons. The summed E-state index contributed by atoms with van der Waals surface area (Å²) < 4.78 is 5.44. The first-order valence-corrected chi connectivity index (χ1v) is 5.14. The molecule has 14 heavy (non-hydrogen) atoms. The average Bonchev–Trinajstić information content (AvgIpc) is 2.75. The van der Waals surface area contributed by atoms with Gasteiger partial charge in [0.1, 0.15) is 5.76 Å². The van der Waals surface area contributed by atoms with Crippen LogP contribution >= 0.6 is 0 Å². The smallest absolute Gasteiger partial charge is 0.220 e. The fraction of sp³-hybridized carbons (Fsp3) is 0.545. The zero-order chi connectivity index (χ0) is 9.60. The first-order chi connectivity index (χ1) is 6.80. The molecule has 1 aliphatic carbocycles. The minimum atomic E-state index is 0.0532. The van der Waals surface area contributed by atoms with E-state index in [9.17, 15) is 4.79 Å². The van der Waals surface area contributed by atoms with Crippen LogP contribution in [-0.4, -0.2) is 12.5 Å². The molecule has 3 rings (SSSR count). The molecular weight excluding hydrogens is 178 g/mol. The Morgan fingerprint density at radius 3 is 3.21 bits per heavy atom. The van der Waals surface area contributed by atoms with Gasteiger partial charge in [-0.2, -0.15) is 0 Å². The van der Waals surface area contributed by atoms with Crippen LogP contribution in [0.5, 0.6) is 0 Å². The van der Waals surface area contributed by atoms with Gasteiger partial charge in [-0.3, -0.25) is 4.79 Å². The molecule has 3 nitrogen and oxygen atoms in total. The van der Waals surface area contributed by atoms with E-state index in [-0.39, 0.29) is 11.3 Å². The second-order valence-corrected chi connectivity index (χ2v) is 4.34. The second kappa shape index (κ2) is 2.62. The second-order valence-electron chi connectivity index (χ2n) is 4.34. The fourth-order valence-corrected chi connectivity index (χ4v) is 2.80. The number of furan rings is 1. The number of hydrogen-bond acceptors (Lipinski definition) is 2. The summed E-state index contributed by atoms with van der Waals surface area (Å²) in [4.78, 5) is 11.3. The lowest BCUT2D eigenvalue weighted by Gasteiger charge is -2.30. The van der Waals surface area contributed by atoms with Crippen molar-refractivity contribution in [3.8, 4) is 0 Å². The van der Waals surface area contributed by atoms with Gasteiger partial charge in [-0.25, -0.2) is 0 Å². The predicted molar refractivity (Wildman–Crippen MR) is 51.0 cm³/mol. The lowest BCUT2D eigenvalue weighted by atomic mass is 9.72. The van der Waals surface area contributed by atoms with Gasteiger partial charge in [-0.15, -0.1) is 0 Å². The number of nitrogens with one attached hydrogen (secondary N) is 1. The molecule has 1 atom stereocenters. The van der Waals surface area contributed by atoms with E-state index in [0.29, 0.717) is 6.42 Å². The zero-order valence-corrected chi connectivity index (χ0v) is 8.01. The van der Waals surface area contributed by atoms with Crippen molar-refractivity contribution in [2.45, 2.75) is 31.1 Å².